The maximum Gasteiger partial charge on any atom is 0.0331 e. The van der Waals surface area contributed by atoms with Gasteiger partial charge in [-0.1, -0.05) is 18.9 Å². The second kappa shape index (κ2) is 5.98. The molecule has 0 amide bonds. The van der Waals surface area contributed by atoms with Gasteiger partial charge in [0.15, 0.2) is 0 Å². The zero-order valence-electron chi connectivity index (χ0n) is 10.9. The number of rotatable bonds is 7. The Morgan fingerprint density at radius 2 is 2.24 bits per heavy atom. The van der Waals surface area contributed by atoms with Gasteiger partial charge in [-0.3, -0.25) is 4.90 Å². The average Bonchev–Trinajstić information content (AvgIpc) is 2.92. The highest BCUT2D eigenvalue weighted by Crippen LogP contribution is 2.33. The van der Waals surface area contributed by atoms with Gasteiger partial charge in [0, 0.05) is 30.1 Å². The lowest BCUT2D eigenvalue weighted by Crippen LogP contribution is -2.40. The van der Waals surface area contributed by atoms with Crippen molar-refractivity contribution in [2.24, 2.45) is 11.7 Å². The number of hydrogen-bond donors (Lipinski definition) is 1. The molecule has 17 heavy (non-hydrogen) atoms. The highest BCUT2D eigenvalue weighted by atomic mass is 32.1. The fraction of sp³-hybridized carbons (Fsp3) is 0.714. The SMILES string of the molecule is CC(C)N(Cc1cccs1)CC(N)CC1CC1. The molecule has 2 rings (SSSR count). The Morgan fingerprint density at radius 1 is 1.47 bits per heavy atom. The van der Waals surface area contributed by atoms with Crippen molar-refractivity contribution < 1.29 is 0 Å². The number of nitrogens with zero attached hydrogens (tertiary/aromatic N) is 1. The standard InChI is InChI=1S/C14H24N2S/c1-11(2)16(10-14-4-3-7-17-14)9-13(15)8-12-5-6-12/h3-4,7,11-13H,5-6,8-10,15H2,1-2H3. The van der Waals surface area contributed by atoms with Gasteiger partial charge in [-0.2, -0.15) is 0 Å². The van der Waals surface area contributed by atoms with Crippen molar-refractivity contribution in [2.75, 3.05) is 6.54 Å². The van der Waals surface area contributed by atoms with E-state index in [1.807, 2.05) is 11.3 Å². The number of nitrogens with two attached hydrogens (primary N) is 1. The van der Waals surface area contributed by atoms with E-state index in [0.717, 1.165) is 19.0 Å². The molecule has 1 aliphatic carbocycles. The molecule has 1 unspecified atom stereocenters. The fourth-order valence-electron chi connectivity index (χ4n) is 2.22. The Hall–Kier alpha value is -0.380. The Labute approximate surface area is 109 Å². The van der Waals surface area contributed by atoms with Gasteiger partial charge < -0.3 is 5.73 Å². The third-order valence-corrected chi connectivity index (χ3v) is 4.33. The smallest absolute Gasteiger partial charge is 0.0331 e. The molecule has 0 radical (unpaired) electrons. The van der Waals surface area contributed by atoms with Crippen LogP contribution in [0.4, 0.5) is 0 Å². The predicted octanol–water partition coefficient (Wildman–Crippen LogP) is 3.09. The summed E-state index contributed by atoms with van der Waals surface area (Å²) in [6.07, 6.45) is 4.02. The van der Waals surface area contributed by atoms with Crippen LogP contribution in [0, 0.1) is 5.92 Å². The molecule has 3 heteroatoms. The van der Waals surface area contributed by atoms with E-state index in [4.69, 9.17) is 5.73 Å². The van der Waals surface area contributed by atoms with Gasteiger partial charge in [0.05, 0.1) is 0 Å². The third-order valence-electron chi connectivity index (χ3n) is 3.47. The van der Waals surface area contributed by atoms with E-state index in [2.05, 4.69) is 36.3 Å². The van der Waals surface area contributed by atoms with Crippen LogP contribution in [0.25, 0.3) is 0 Å². The summed E-state index contributed by atoms with van der Waals surface area (Å²) >= 11 is 1.84. The molecule has 0 spiro atoms. The van der Waals surface area contributed by atoms with Crippen LogP contribution in [-0.4, -0.2) is 23.5 Å². The fourth-order valence-corrected chi connectivity index (χ4v) is 2.95. The predicted molar refractivity (Wildman–Crippen MR) is 75.2 cm³/mol. The van der Waals surface area contributed by atoms with Gasteiger partial charge in [0.25, 0.3) is 0 Å². The molecule has 2 N–H and O–H groups in total. The first kappa shape index (κ1) is 13.1. The first-order valence-corrected chi connectivity index (χ1v) is 7.55. The van der Waals surface area contributed by atoms with E-state index in [0.29, 0.717) is 12.1 Å². The van der Waals surface area contributed by atoms with E-state index >= 15 is 0 Å². The molecule has 1 heterocycles. The first-order valence-electron chi connectivity index (χ1n) is 6.67. The van der Waals surface area contributed by atoms with Crippen LogP contribution < -0.4 is 5.73 Å². The monoisotopic (exact) mass is 252 g/mol. The van der Waals surface area contributed by atoms with Crippen LogP contribution >= 0.6 is 11.3 Å². The summed E-state index contributed by atoms with van der Waals surface area (Å²) in [5.74, 6) is 0.931. The minimum atomic E-state index is 0.352. The summed E-state index contributed by atoms with van der Waals surface area (Å²) in [6, 6.07) is 5.27. The lowest BCUT2D eigenvalue weighted by Gasteiger charge is -2.28. The van der Waals surface area contributed by atoms with E-state index in [1.165, 1.54) is 24.1 Å². The van der Waals surface area contributed by atoms with Crippen molar-refractivity contribution in [1.29, 1.82) is 0 Å². The van der Waals surface area contributed by atoms with Gasteiger partial charge in [-0.15, -0.1) is 11.3 Å². The maximum absolute atomic E-state index is 6.24. The zero-order valence-corrected chi connectivity index (χ0v) is 11.7. The van der Waals surface area contributed by atoms with Gasteiger partial charge >= 0.3 is 0 Å². The van der Waals surface area contributed by atoms with Crippen LogP contribution in [0.5, 0.6) is 0 Å². The van der Waals surface area contributed by atoms with Crippen molar-refractivity contribution in [2.45, 2.75) is 51.7 Å². The van der Waals surface area contributed by atoms with Crippen molar-refractivity contribution in [3.05, 3.63) is 22.4 Å². The molecule has 0 saturated heterocycles. The molecule has 1 atom stereocenters. The number of thiophene rings is 1. The van der Waals surface area contributed by atoms with Crippen molar-refractivity contribution in [3.63, 3.8) is 0 Å². The average molecular weight is 252 g/mol. The molecule has 1 saturated carbocycles. The van der Waals surface area contributed by atoms with Crippen LogP contribution in [0.3, 0.4) is 0 Å². The van der Waals surface area contributed by atoms with Gasteiger partial charge in [0.1, 0.15) is 0 Å². The maximum atomic E-state index is 6.24. The van der Waals surface area contributed by atoms with Crippen molar-refractivity contribution >= 4 is 11.3 Å². The summed E-state index contributed by atoms with van der Waals surface area (Å²) in [4.78, 5) is 3.94. The first-order chi connectivity index (χ1) is 8.15. The second-order valence-corrected chi connectivity index (χ2v) is 6.57. The number of hydrogen-bond acceptors (Lipinski definition) is 3. The summed E-state index contributed by atoms with van der Waals surface area (Å²) in [7, 11) is 0. The minimum absolute atomic E-state index is 0.352. The molecular weight excluding hydrogens is 228 g/mol. The molecule has 1 fully saturated rings. The van der Waals surface area contributed by atoms with Crippen LogP contribution in [0.1, 0.15) is 38.0 Å². The van der Waals surface area contributed by atoms with Gasteiger partial charge in [0.2, 0.25) is 0 Å². The van der Waals surface area contributed by atoms with E-state index < -0.39 is 0 Å². The Morgan fingerprint density at radius 3 is 2.76 bits per heavy atom. The van der Waals surface area contributed by atoms with E-state index in [9.17, 15) is 0 Å². The molecule has 0 bridgehead atoms. The normalized spacial score (nSPS) is 17.9. The molecule has 0 aliphatic heterocycles. The summed E-state index contributed by atoms with van der Waals surface area (Å²) in [5.41, 5.74) is 6.24. The Balaban J connectivity index is 1.83. The lowest BCUT2D eigenvalue weighted by molar-refractivity contribution is 0.196. The Bertz CT molecular complexity index is 317. The minimum Gasteiger partial charge on any atom is -0.327 e. The van der Waals surface area contributed by atoms with Crippen LogP contribution in [0.2, 0.25) is 0 Å². The van der Waals surface area contributed by atoms with Crippen molar-refractivity contribution in [3.8, 4) is 0 Å². The summed E-state index contributed by atoms with van der Waals surface area (Å²) in [6.45, 7) is 6.61. The molecule has 1 aliphatic rings. The summed E-state index contributed by atoms with van der Waals surface area (Å²) < 4.78 is 0. The summed E-state index contributed by atoms with van der Waals surface area (Å²) in [5, 5.41) is 2.15. The second-order valence-electron chi connectivity index (χ2n) is 5.54. The van der Waals surface area contributed by atoms with E-state index in [1.54, 1.807) is 0 Å². The quantitative estimate of drug-likeness (QED) is 0.808. The topological polar surface area (TPSA) is 29.3 Å². The highest BCUT2D eigenvalue weighted by molar-refractivity contribution is 7.09. The molecule has 0 aromatic carbocycles. The van der Waals surface area contributed by atoms with E-state index in [-0.39, 0.29) is 0 Å². The van der Waals surface area contributed by atoms with Crippen molar-refractivity contribution in [1.82, 2.24) is 4.90 Å². The zero-order chi connectivity index (χ0) is 12.3. The van der Waals surface area contributed by atoms with Gasteiger partial charge in [-0.25, -0.2) is 0 Å². The molecule has 96 valence electrons. The largest absolute Gasteiger partial charge is 0.327 e. The van der Waals surface area contributed by atoms with Crippen LogP contribution in [0.15, 0.2) is 17.5 Å². The Kier molecular flexibility index (Phi) is 4.60. The molecular formula is C14H24N2S. The third kappa shape index (κ3) is 4.41. The highest BCUT2D eigenvalue weighted by Gasteiger charge is 2.25. The molecule has 1 aromatic heterocycles. The molecule has 1 aromatic rings. The van der Waals surface area contributed by atoms with Gasteiger partial charge in [-0.05, 0) is 37.6 Å². The lowest BCUT2D eigenvalue weighted by atomic mass is 10.1. The molecule has 2 nitrogen and oxygen atoms in total. The van der Waals surface area contributed by atoms with Crippen LogP contribution in [-0.2, 0) is 6.54 Å².